The predicted octanol–water partition coefficient (Wildman–Crippen LogP) is 2.88. The molecule has 128 valence electrons. The van der Waals surface area contributed by atoms with Gasteiger partial charge in [-0.05, 0) is 42.3 Å². The van der Waals surface area contributed by atoms with Crippen LogP contribution in [0, 0.1) is 6.92 Å². The first-order chi connectivity index (χ1) is 11.6. The zero-order valence-corrected chi connectivity index (χ0v) is 14.5. The summed E-state index contributed by atoms with van der Waals surface area (Å²) in [4.78, 5) is 12.2. The van der Waals surface area contributed by atoms with Gasteiger partial charge in [0.25, 0.3) is 0 Å². The quantitative estimate of drug-likeness (QED) is 0.848. The Morgan fingerprint density at radius 3 is 2.21 bits per heavy atom. The first-order valence-corrected chi connectivity index (χ1v) is 7.68. The molecule has 0 bridgehead atoms. The molecule has 0 heterocycles. The van der Waals surface area contributed by atoms with E-state index in [0.29, 0.717) is 12.3 Å². The fraction of sp³-hybridized carbons (Fsp3) is 0.316. The molecule has 0 spiro atoms. The van der Waals surface area contributed by atoms with Crippen LogP contribution in [0.3, 0.4) is 0 Å². The Kier molecular flexibility index (Phi) is 6.07. The van der Waals surface area contributed by atoms with E-state index in [4.69, 9.17) is 14.2 Å². The molecule has 5 heteroatoms. The lowest BCUT2D eigenvalue weighted by atomic mass is 10.1. The van der Waals surface area contributed by atoms with Crippen molar-refractivity contribution in [2.24, 2.45) is 0 Å². The lowest BCUT2D eigenvalue weighted by Crippen LogP contribution is -2.24. The van der Waals surface area contributed by atoms with Gasteiger partial charge in [-0.1, -0.05) is 12.1 Å². The van der Waals surface area contributed by atoms with Gasteiger partial charge in [0.05, 0.1) is 27.8 Å². The van der Waals surface area contributed by atoms with Crippen LogP contribution in [0.4, 0.5) is 0 Å². The number of amides is 1. The Balaban J connectivity index is 2.01. The number of benzene rings is 2. The number of nitrogens with one attached hydrogen (secondary N) is 1. The largest absolute Gasteiger partial charge is 0.497 e. The third kappa shape index (κ3) is 4.41. The molecule has 2 aromatic carbocycles. The number of carbonyl (C=O) groups excluding carboxylic acids is 1. The number of hydrogen-bond acceptors (Lipinski definition) is 4. The van der Waals surface area contributed by atoms with Crippen molar-refractivity contribution in [1.29, 1.82) is 0 Å². The molecule has 24 heavy (non-hydrogen) atoms. The maximum absolute atomic E-state index is 12.2. The first kappa shape index (κ1) is 17.7. The van der Waals surface area contributed by atoms with Crippen molar-refractivity contribution in [3.8, 4) is 17.2 Å². The van der Waals surface area contributed by atoms with Gasteiger partial charge < -0.3 is 19.5 Å². The average molecular weight is 329 g/mol. The summed E-state index contributed by atoms with van der Waals surface area (Å²) in [6, 6.07) is 11.3. The second kappa shape index (κ2) is 8.24. The number of aryl methyl sites for hydroxylation is 1. The van der Waals surface area contributed by atoms with Crippen LogP contribution in [-0.4, -0.2) is 27.2 Å². The van der Waals surface area contributed by atoms with Crippen LogP contribution >= 0.6 is 0 Å². The number of hydrogen-bond donors (Lipinski definition) is 1. The van der Waals surface area contributed by atoms with Crippen molar-refractivity contribution >= 4 is 5.91 Å². The summed E-state index contributed by atoms with van der Waals surface area (Å²) in [6.45, 7) is 2.41. The summed E-state index contributed by atoms with van der Waals surface area (Å²) >= 11 is 0. The minimum absolute atomic E-state index is 0.0741. The number of methoxy groups -OCH3 is 3. The summed E-state index contributed by atoms with van der Waals surface area (Å²) in [6.07, 6.45) is 0.232. The zero-order valence-electron chi connectivity index (χ0n) is 14.5. The van der Waals surface area contributed by atoms with Crippen LogP contribution in [0.15, 0.2) is 36.4 Å². The number of ether oxygens (including phenoxy) is 3. The molecule has 2 rings (SSSR count). The second-order valence-corrected chi connectivity index (χ2v) is 5.44. The Morgan fingerprint density at radius 2 is 1.62 bits per heavy atom. The van der Waals surface area contributed by atoms with Crippen molar-refractivity contribution in [3.05, 3.63) is 53.1 Å². The van der Waals surface area contributed by atoms with Gasteiger partial charge in [-0.25, -0.2) is 0 Å². The molecule has 0 atom stereocenters. The van der Waals surface area contributed by atoms with Crippen molar-refractivity contribution in [3.63, 3.8) is 0 Å². The molecule has 0 aliphatic heterocycles. The fourth-order valence-electron chi connectivity index (χ4n) is 2.43. The lowest BCUT2D eigenvalue weighted by Gasteiger charge is -2.13. The molecule has 0 aliphatic rings. The Morgan fingerprint density at radius 1 is 0.958 bits per heavy atom. The molecule has 0 fully saturated rings. The van der Waals surface area contributed by atoms with Gasteiger partial charge in [0, 0.05) is 12.1 Å². The fourth-order valence-corrected chi connectivity index (χ4v) is 2.43. The standard InChI is InChI=1S/C19H23NO4/c1-13-9-18(24-4)15(10-17(13)23-3)11-19(21)20-12-14-5-7-16(22-2)8-6-14/h5-10H,11-12H2,1-4H3,(H,20,21). The van der Waals surface area contributed by atoms with Gasteiger partial charge >= 0.3 is 0 Å². The Hall–Kier alpha value is -2.69. The maximum atomic E-state index is 12.2. The van der Waals surface area contributed by atoms with Crippen molar-refractivity contribution in [1.82, 2.24) is 5.32 Å². The van der Waals surface area contributed by atoms with Crippen molar-refractivity contribution < 1.29 is 19.0 Å². The molecule has 0 aliphatic carbocycles. The zero-order chi connectivity index (χ0) is 17.5. The minimum Gasteiger partial charge on any atom is -0.497 e. The lowest BCUT2D eigenvalue weighted by molar-refractivity contribution is -0.120. The highest BCUT2D eigenvalue weighted by atomic mass is 16.5. The van der Waals surface area contributed by atoms with Gasteiger partial charge in [-0.3, -0.25) is 4.79 Å². The molecular formula is C19H23NO4. The predicted molar refractivity (Wildman–Crippen MR) is 92.8 cm³/mol. The van der Waals surface area contributed by atoms with Crippen LogP contribution in [0.2, 0.25) is 0 Å². The van der Waals surface area contributed by atoms with Crippen LogP contribution in [0.25, 0.3) is 0 Å². The van der Waals surface area contributed by atoms with Crippen molar-refractivity contribution in [2.45, 2.75) is 19.9 Å². The summed E-state index contributed by atoms with van der Waals surface area (Å²) in [5, 5.41) is 2.91. The Bertz CT molecular complexity index is 695. The van der Waals surface area contributed by atoms with E-state index >= 15 is 0 Å². The van der Waals surface area contributed by atoms with E-state index in [0.717, 1.165) is 28.2 Å². The molecule has 0 aromatic heterocycles. The minimum atomic E-state index is -0.0741. The summed E-state index contributed by atoms with van der Waals surface area (Å²) < 4.78 is 15.8. The maximum Gasteiger partial charge on any atom is 0.224 e. The SMILES string of the molecule is COc1ccc(CNC(=O)Cc2cc(OC)c(C)cc2OC)cc1. The van der Waals surface area contributed by atoms with Crippen LogP contribution in [0.1, 0.15) is 16.7 Å². The van der Waals surface area contributed by atoms with Crippen LogP contribution in [0.5, 0.6) is 17.2 Å². The number of carbonyl (C=O) groups is 1. The molecule has 1 N–H and O–H groups in total. The van der Waals surface area contributed by atoms with Crippen molar-refractivity contribution in [2.75, 3.05) is 21.3 Å². The smallest absolute Gasteiger partial charge is 0.224 e. The molecule has 0 unspecified atom stereocenters. The third-order valence-electron chi connectivity index (χ3n) is 3.80. The number of rotatable bonds is 7. The molecule has 2 aromatic rings. The monoisotopic (exact) mass is 329 g/mol. The first-order valence-electron chi connectivity index (χ1n) is 7.68. The highest BCUT2D eigenvalue weighted by Gasteiger charge is 2.12. The van der Waals surface area contributed by atoms with Gasteiger partial charge in [-0.2, -0.15) is 0 Å². The second-order valence-electron chi connectivity index (χ2n) is 5.44. The van der Waals surface area contributed by atoms with Gasteiger partial charge in [0.2, 0.25) is 5.91 Å². The van der Waals surface area contributed by atoms with Gasteiger partial charge in [-0.15, -0.1) is 0 Å². The summed E-state index contributed by atoms with van der Waals surface area (Å²) in [5.41, 5.74) is 2.78. The highest BCUT2D eigenvalue weighted by molar-refractivity contribution is 5.79. The molecule has 0 radical (unpaired) electrons. The van der Waals surface area contributed by atoms with Crippen LogP contribution in [-0.2, 0) is 17.8 Å². The third-order valence-corrected chi connectivity index (χ3v) is 3.80. The average Bonchev–Trinajstić information content (AvgIpc) is 2.61. The van der Waals surface area contributed by atoms with E-state index in [9.17, 15) is 4.79 Å². The van der Waals surface area contributed by atoms with E-state index in [-0.39, 0.29) is 12.3 Å². The van der Waals surface area contributed by atoms with E-state index in [1.165, 1.54) is 0 Å². The molecule has 0 saturated carbocycles. The molecule has 0 saturated heterocycles. The normalized spacial score (nSPS) is 10.2. The van der Waals surface area contributed by atoms with Gasteiger partial charge in [0.15, 0.2) is 0 Å². The molecule has 5 nitrogen and oxygen atoms in total. The summed E-state index contributed by atoms with van der Waals surface area (Å²) in [7, 11) is 4.84. The summed E-state index contributed by atoms with van der Waals surface area (Å²) in [5.74, 6) is 2.15. The topological polar surface area (TPSA) is 56.8 Å². The molecule has 1 amide bonds. The van der Waals surface area contributed by atoms with E-state index in [2.05, 4.69) is 5.32 Å². The molecular weight excluding hydrogens is 306 g/mol. The van der Waals surface area contributed by atoms with E-state index < -0.39 is 0 Å². The van der Waals surface area contributed by atoms with Crippen LogP contribution < -0.4 is 19.5 Å². The Labute approximate surface area is 142 Å². The van der Waals surface area contributed by atoms with Gasteiger partial charge in [0.1, 0.15) is 17.2 Å². The van der Waals surface area contributed by atoms with E-state index in [1.54, 1.807) is 21.3 Å². The van der Waals surface area contributed by atoms with E-state index in [1.807, 2.05) is 43.3 Å². The highest BCUT2D eigenvalue weighted by Crippen LogP contribution is 2.28.